The first kappa shape index (κ1) is 13.6. The smallest absolute Gasteiger partial charge is 0.142 e. The quantitative estimate of drug-likeness (QED) is 0.876. The fourth-order valence-electron chi connectivity index (χ4n) is 3.37. The zero-order chi connectivity index (χ0) is 14.9. The van der Waals surface area contributed by atoms with E-state index < -0.39 is 0 Å². The predicted molar refractivity (Wildman–Crippen MR) is 86.0 cm³/mol. The lowest BCUT2D eigenvalue weighted by molar-refractivity contribution is 0.304. The van der Waals surface area contributed by atoms with Crippen LogP contribution in [0.4, 0.5) is 10.1 Å². The predicted octanol–water partition coefficient (Wildman–Crippen LogP) is 3.05. The summed E-state index contributed by atoms with van der Waals surface area (Å²) in [5.41, 5.74) is 2.63. The number of piperazine rings is 1. The van der Waals surface area contributed by atoms with E-state index in [9.17, 15) is 4.39 Å². The molecule has 2 aliphatic rings. The lowest BCUT2D eigenvalue weighted by Gasteiger charge is -2.36. The molecule has 2 aliphatic heterocycles. The molecule has 0 spiro atoms. The number of nitrogens with zero attached hydrogens (tertiary/aromatic N) is 1. The van der Waals surface area contributed by atoms with Crippen LogP contribution in [0.2, 0.25) is 0 Å². The number of ether oxygens (including phenoxy) is 1. The fraction of sp³-hybridized carbons (Fsp3) is 0.333. The molecule has 2 aromatic carbocycles. The molecule has 1 atom stereocenters. The molecule has 2 aromatic rings. The van der Waals surface area contributed by atoms with Crippen LogP contribution in [0.3, 0.4) is 0 Å². The maximum absolute atomic E-state index is 14.1. The Morgan fingerprint density at radius 1 is 1.18 bits per heavy atom. The summed E-state index contributed by atoms with van der Waals surface area (Å²) in [6.45, 7) is 3.64. The van der Waals surface area contributed by atoms with Gasteiger partial charge in [-0.05, 0) is 23.8 Å². The molecule has 114 valence electrons. The van der Waals surface area contributed by atoms with Crippen molar-refractivity contribution in [3.8, 4) is 16.9 Å². The van der Waals surface area contributed by atoms with Gasteiger partial charge in [-0.1, -0.05) is 24.3 Å². The van der Waals surface area contributed by atoms with Gasteiger partial charge in [0.25, 0.3) is 0 Å². The maximum Gasteiger partial charge on any atom is 0.142 e. The van der Waals surface area contributed by atoms with Crippen LogP contribution < -0.4 is 15.0 Å². The second kappa shape index (κ2) is 5.61. The zero-order valence-electron chi connectivity index (χ0n) is 12.4. The lowest BCUT2D eigenvalue weighted by Crippen LogP contribution is -2.51. The minimum Gasteiger partial charge on any atom is -0.491 e. The van der Waals surface area contributed by atoms with Crippen LogP contribution in [0, 0.1) is 5.82 Å². The SMILES string of the molecule is Fc1ccccc1-c1ccc2c(c1)N1CCNC[C@@H]1CCO2. The van der Waals surface area contributed by atoms with Crippen molar-refractivity contribution in [2.24, 2.45) is 0 Å². The van der Waals surface area contributed by atoms with Crippen molar-refractivity contribution in [3.63, 3.8) is 0 Å². The van der Waals surface area contributed by atoms with Crippen molar-refractivity contribution >= 4 is 5.69 Å². The van der Waals surface area contributed by atoms with Gasteiger partial charge in [-0.3, -0.25) is 0 Å². The van der Waals surface area contributed by atoms with Crippen molar-refractivity contribution in [1.82, 2.24) is 5.32 Å². The highest BCUT2D eigenvalue weighted by Gasteiger charge is 2.27. The summed E-state index contributed by atoms with van der Waals surface area (Å²) in [4.78, 5) is 2.41. The third kappa shape index (κ3) is 2.33. The molecule has 1 saturated heterocycles. The highest BCUT2D eigenvalue weighted by molar-refractivity contribution is 5.73. The monoisotopic (exact) mass is 298 g/mol. The average Bonchev–Trinajstić information content (AvgIpc) is 2.74. The minimum atomic E-state index is -0.186. The summed E-state index contributed by atoms with van der Waals surface area (Å²) in [5, 5.41) is 3.44. The molecule has 1 N–H and O–H groups in total. The number of hydrogen-bond acceptors (Lipinski definition) is 3. The van der Waals surface area contributed by atoms with Crippen LogP contribution in [-0.4, -0.2) is 32.3 Å². The molecule has 3 nitrogen and oxygen atoms in total. The van der Waals surface area contributed by atoms with Crippen LogP contribution in [-0.2, 0) is 0 Å². The van der Waals surface area contributed by atoms with E-state index in [1.165, 1.54) is 6.07 Å². The Balaban J connectivity index is 1.79. The number of fused-ring (bicyclic) bond motifs is 3. The molecular weight excluding hydrogens is 279 g/mol. The summed E-state index contributed by atoms with van der Waals surface area (Å²) in [6.07, 6.45) is 1.01. The molecule has 0 aliphatic carbocycles. The Kier molecular flexibility index (Phi) is 3.47. The third-order valence-corrected chi connectivity index (χ3v) is 4.51. The summed E-state index contributed by atoms with van der Waals surface area (Å²) >= 11 is 0. The summed E-state index contributed by atoms with van der Waals surface area (Å²) < 4.78 is 20.0. The highest BCUT2D eigenvalue weighted by Crippen LogP contribution is 2.37. The van der Waals surface area contributed by atoms with Crippen LogP contribution in [0.5, 0.6) is 5.75 Å². The molecule has 0 aromatic heterocycles. The Morgan fingerprint density at radius 2 is 2.09 bits per heavy atom. The number of benzene rings is 2. The Labute approximate surface area is 129 Å². The molecular formula is C18H19FN2O. The van der Waals surface area contributed by atoms with Gasteiger partial charge < -0.3 is 15.0 Å². The average molecular weight is 298 g/mol. The molecule has 0 amide bonds. The van der Waals surface area contributed by atoms with E-state index in [0.29, 0.717) is 11.6 Å². The number of rotatable bonds is 1. The van der Waals surface area contributed by atoms with Crippen LogP contribution in [0.1, 0.15) is 6.42 Å². The molecule has 2 heterocycles. The first-order valence-electron chi connectivity index (χ1n) is 7.82. The second-order valence-electron chi connectivity index (χ2n) is 5.85. The van der Waals surface area contributed by atoms with Crippen molar-refractivity contribution in [2.45, 2.75) is 12.5 Å². The van der Waals surface area contributed by atoms with Crippen molar-refractivity contribution < 1.29 is 9.13 Å². The van der Waals surface area contributed by atoms with Crippen LogP contribution in [0.15, 0.2) is 42.5 Å². The molecule has 0 saturated carbocycles. The molecule has 4 rings (SSSR count). The van der Waals surface area contributed by atoms with E-state index in [1.807, 2.05) is 24.3 Å². The number of anilines is 1. The molecule has 0 bridgehead atoms. The highest BCUT2D eigenvalue weighted by atomic mass is 19.1. The van der Waals surface area contributed by atoms with E-state index in [0.717, 1.165) is 49.7 Å². The molecule has 22 heavy (non-hydrogen) atoms. The van der Waals surface area contributed by atoms with Crippen LogP contribution >= 0.6 is 0 Å². The van der Waals surface area contributed by atoms with Crippen molar-refractivity contribution in [3.05, 3.63) is 48.3 Å². The van der Waals surface area contributed by atoms with Crippen molar-refractivity contribution in [1.29, 1.82) is 0 Å². The van der Waals surface area contributed by atoms with Gasteiger partial charge in [-0.25, -0.2) is 4.39 Å². The Bertz CT molecular complexity index is 689. The zero-order valence-corrected chi connectivity index (χ0v) is 12.4. The van der Waals surface area contributed by atoms with E-state index in [4.69, 9.17) is 4.74 Å². The normalized spacial score (nSPS) is 20.6. The van der Waals surface area contributed by atoms with Gasteiger partial charge in [0.1, 0.15) is 11.6 Å². The van der Waals surface area contributed by atoms with Gasteiger partial charge in [-0.15, -0.1) is 0 Å². The summed E-state index contributed by atoms with van der Waals surface area (Å²) in [7, 11) is 0. The summed E-state index contributed by atoms with van der Waals surface area (Å²) in [6, 6.07) is 13.4. The molecule has 0 unspecified atom stereocenters. The first-order chi connectivity index (χ1) is 10.8. The van der Waals surface area contributed by atoms with E-state index >= 15 is 0 Å². The van der Waals surface area contributed by atoms with Gasteiger partial charge in [0, 0.05) is 37.7 Å². The molecule has 0 radical (unpaired) electrons. The lowest BCUT2D eigenvalue weighted by atomic mass is 10.0. The van der Waals surface area contributed by atoms with Gasteiger partial charge in [-0.2, -0.15) is 0 Å². The van der Waals surface area contributed by atoms with E-state index in [1.54, 1.807) is 6.07 Å². The van der Waals surface area contributed by atoms with Crippen molar-refractivity contribution in [2.75, 3.05) is 31.1 Å². The topological polar surface area (TPSA) is 24.5 Å². The van der Waals surface area contributed by atoms with Gasteiger partial charge in [0.15, 0.2) is 0 Å². The van der Waals surface area contributed by atoms with Gasteiger partial charge >= 0.3 is 0 Å². The van der Waals surface area contributed by atoms with Gasteiger partial charge in [0.2, 0.25) is 0 Å². The van der Waals surface area contributed by atoms with E-state index in [-0.39, 0.29) is 5.82 Å². The summed E-state index contributed by atoms with van der Waals surface area (Å²) in [5.74, 6) is 0.721. The van der Waals surface area contributed by atoms with Crippen LogP contribution in [0.25, 0.3) is 11.1 Å². The number of hydrogen-bond donors (Lipinski definition) is 1. The number of nitrogens with one attached hydrogen (secondary N) is 1. The molecule has 4 heteroatoms. The largest absolute Gasteiger partial charge is 0.491 e. The Hall–Kier alpha value is -2.07. The third-order valence-electron chi connectivity index (χ3n) is 4.51. The van der Waals surface area contributed by atoms with Gasteiger partial charge in [0.05, 0.1) is 12.3 Å². The molecule has 1 fully saturated rings. The van der Waals surface area contributed by atoms with E-state index in [2.05, 4.69) is 16.3 Å². The maximum atomic E-state index is 14.1. The first-order valence-corrected chi connectivity index (χ1v) is 7.82. The fourth-order valence-corrected chi connectivity index (χ4v) is 3.37. The standard InChI is InChI=1S/C18H19FN2O/c19-16-4-2-1-3-15(16)13-5-6-18-17(11-13)21-9-8-20-12-14(21)7-10-22-18/h1-6,11,14,20H,7-10,12H2/t14-/m0/s1. The minimum absolute atomic E-state index is 0.186. The number of halogens is 1. The second-order valence-corrected chi connectivity index (χ2v) is 5.85. The Morgan fingerprint density at radius 3 is 3.00 bits per heavy atom.